The first-order valence-electron chi connectivity index (χ1n) is 12.7. The number of hydrogen-bond acceptors (Lipinski definition) is 7. The van der Waals surface area contributed by atoms with E-state index >= 15 is 0 Å². The number of aromatic nitrogens is 3. The summed E-state index contributed by atoms with van der Waals surface area (Å²) in [6.07, 6.45) is 1.35. The molecule has 0 radical (unpaired) electrons. The molecule has 1 aliphatic heterocycles. The minimum Gasteiger partial charge on any atom is -0.492 e. The van der Waals surface area contributed by atoms with Crippen LogP contribution in [0, 0.1) is 12.7 Å². The fraction of sp³-hybridized carbons (Fsp3) is 0.179. The molecule has 5 rings (SSSR count). The number of carbonyl (C=O) groups is 2. The summed E-state index contributed by atoms with van der Waals surface area (Å²) in [7, 11) is 0. The van der Waals surface area contributed by atoms with Gasteiger partial charge in [0.2, 0.25) is 5.91 Å². The highest BCUT2D eigenvalue weighted by molar-refractivity contribution is 8.15. The van der Waals surface area contributed by atoms with Gasteiger partial charge >= 0.3 is 11.5 Å². The van der Waals surface area contributed by atoms with Gasteiger partial charge in [0, 0.05) is 10.5 Å². The Hall–Kier alpha value is -4.37. The molecule has 1 aliphatic rings. The van der Waals surface area contributed by atoms with E-state index in [9.17, 15) is 27.2 Å². The molecule has 1 aromatic heterocycles. The molecule has 2 heterocycles. The molecule has 3 amide bonds. The Labute approximate surface area is 251 Å². The lowest BCUT2D eigenvalue weighted by Gasteiger charge is -2.20. The molecule has 0 atom stereocenters. The summed E-state index contributed by atoms with van der Waals surface area (Å²) >= 11 is 0.854. The van der Waals surface area contributed by atoms with Crippen molar-refractivity contribution in [2.75, 3.05) is 22.6 Å². The number of carbonyl (C=O) groups excluding carboxylic acids is 2. The molecule has 0 bridgehead atoms. The maximum absolute atomic E-state index is 15.0. The van der Waals surface area contributed by atoms with Crippen molar-refractivity contribution >= 4 is 52.0 Å². The van der Waals surface area contributed by atoms with Crippen molar-refractivity contribution in [3.05, 3.63) is 78.4 Å². The highest BCUT2D eigenvalue weighted by Crippen LogP contribution is 2.37. The van der Waals surface area contributed by atoms with Crippen molar-refractivity contribution in [3.8, 4) is 22.8 Å². The molecule has 1 fully saturated rings. The minimum atomic E-state index is -4.39. The number of amidine groups is 1. The second kappa shape index (κ2) is 12.5. The van der Waals surface area contributed by atoms with E-state index in [2.05, 4.69) is 20.4 Å². The maximum Gasteiger partial charge on any atom is 0.446 e. The number of thioether (sulfide) groups is 2. The summed E-state index contributed by atoms with van der Waals surface area (Å²) in [6.45, 7) is 4.05. The van der Waals surface area contributed by atoms with Crippen LogP contribution in [0.25, 0.3) is 17.1 Å². The zero-order valence-electron chi connectivity index (χ0n) is 22.6. The van der Waals surface area contributed by atoms with E-state index in [1.165, 1.54) is 52.3 Å². The molecule has 9 nitrogen and oxygen atoms in total. The summed E-state index contributed by atoms with van der Waals surface area (Å²) in [4.78, 5) is 35.0. The first kappa shape index (κ1) is 30.1. The summed E-state index contributed by atoms with van der Waals surface area (Å²) in [5.41, 5.74) is -2.44. The lowest BCUT2D eigenvalue weighted by Crippen LogP contribution is -2.30. The Morgan fingerprint density at radius 2 is 1.91 bits per heavy atom. The van der Waals surface area contributed by atoms with E-state index in [0.717, 1.165) is 23.4 Å². The van der Waals surface area contributed by atoms with E-state index in [0.29, 0.717) is 29.3 Å². The molecule has 43 heavy (non-hydrogen) atoms. The molecule has 0 aliphatic carbocycles. The van der Waals surface area contributed by atoms with Crippen LogP contribution in [0.5, 0.6) is 5.75 Å². The highest BCUT2D eigenvalue weighted by atomic mass is 32.2. The number of benzene rings is 3. The number of ether oxygens (including phenoxy) is 1. The van der Waals surface area contributed by atoms with Gasteiger partial charge in [0.15, 0.2) is 11.0 Å². The van der Waals surface area contributed by atoms with Crippen molar-refractivity contribution in [2.45, 2.75) is 24.3 Å². The van der Waals surface area contributed by atoms with Crippen LogP contribution in [-0.4, -0.2) is 49.7 Å². The lowest BCUT2D eigenvalue weighted by atomic mass is 10.2. The summed E-state index contributed by atoms with van der Waals surface area (Å²) < 4.78 is 59.7. The van der Waals surface area contributed by atoms with Gasteiger partial charge < -0.3 is 10.1 Å². The van der Waals surface area contributed by atoms with Crippen LogP contribution in [0.3, 0.4) is 0 Å². The molecule has 3 aromatic carbocycles. The molecule has 0 spiro atoms. The van der Waals surface area contributed by atoms with Gasteiger partial charge in [-0.2, -0.15) is 18.2 Å². The Morgan fingerprint density at radius 3 is 2.60 bits per heavy atom. The van der Waals surface area contributed by atoms with Crippen LogP contribution in [0.4, 0.5) is 33.7 Å². The topological polar surface area (TPSA) is 102 Å². The van der Waals surface area contributed by atoms with Crippen LogP contribution in [0.1, 0.15) is 12.5 Å². The summed E-state index contributed by atoms with van der Waals surface area (Å²) in [5, 5.41) is 6.80. The van der Waals surface area contributed by atoms with Gasteiger partial charge in [-0.05, 0) is 85.8 Å². The second-order valence-corrected chi connectivity index (χ2v) is 11.1. The zero-order valence-corrected chi connectivity index (χ0v) is 24.2. The predicted octanol–water partition coefficient (Wildman–Crippen LogP) is 7.06. The van der Waals surface area contributed by atoms with Gasteiger partial charge in [-0.15, -0.1) is 5.10 Å². The number of anilines is 2. The number of nitrogens with one attached hydrogen (secondary N) is 1. The predicted molar refractivity (Wildman–Crippen MR) is 157 cm³/mol. The number of hydrogen-bond donors (Lipinski definition) is 1. The first-order valence-corrected chi connectivity index (χ1v) is 14.5. The third-order valence-electron chi connectivity index (χ3n) is 5.91. The molecule has 222 valence electrons. The standard InChI is InChI=1S/C28H22F4N6O3S2/c1-3-41-23-11-4-16(2)12-22(23)38-24(39)14-42-27(38)35-26(40)34-21-10-5-17(13-20(21)29)25-33-15-37(36-25)18-6-8-19(9-7-18)43-28(30,31)32/h4-13,15H,3,14H2,1-2H3,(H,34,40)/b35-27-. The normalized spacial score (nSPS) is 14.4. The number of nitrogens with zero attached hydrogens (tertiary/aromatic N) is 5. The molecular weight excluding hydrogens is 608 g/mol. The Morgan fingerprint density at radius 1 is 1.14 bits per heavy atom. The molecular formula is C28H22F4N6O3S2. The zero-order chi connectivity index (χ0) is 30.7. The van der Waals surface area contributed by atoms with Crippen LogP contribution in [0.2, 0.25) is 0 Å². The van der Waals surface area contributed by atoms with Crippen molar-refractivity contribution in [1.29, 1.82) is 0 Å². The fourth-order valence-corrected chi connectivity index (χ4v) is 5.47. The number of urea groups is 1. The van der Waals surface area contributed by atoms with Crippen molar-refractivity contribution in [1.82, 2.24) is 14.8 Å². The Kier molecular flexibility index (Phi) is 8.73. The molecule has 0 saturated carbocycles. The van der Waals surface area contributed by atoms with Gasteiger partial charge in [0.05, 0.1) is 29.4 Å². The largest absolute Gasteiger partial charge is 0.492 e. The maximum atomic E-state index is 15.0. The number of alkyl halides is 3. The first-order chi connectivity index (χ1) is 20.5. The average Bonchev–Trinajstić information content (AvgIpc) is 3.58. The van der Waals surface area contributed by atoms with Crippen molar-refractivity contribution in [3.63, 3.8) is 0 Å². The van der Waals surface area contributed by atoms with E-state index in [-0.39, 0.29) is 45.0 Å². The van der Waals surface area contributed by atoms with Crippen LogP contribution in [-0.2, 0) is 4.79 Å². The quantitative estimate of drug-likeness (QED) is 0.172. The molecule has 1 saturated heterocycles. The second-order valence-electron chi connectivity index (χ2n) is 9.00. The van der Waals surface area contributed by atoms with E-state index in [1.54, 1.807) is 12.1 Å². The van der Waals surface area contributed by atoms with Crippen LogP contribution in [0.15, 0.2) is 76.9 Å². The average molecular weight is 631 g/mol. The van der Waals surface area contributed by atoms with E-state index < -0.39 is 17.4 Å². The number of halogens is 4. The molecule has 0 unspecified atom stereocenters. The number of rotatable bonds is 7. The molecule has 15 heteroatoms. The monoisotopic (exact) mass is 630 g/mol. The SMILES string of the molecule is CCOc1ccc(C)cc1N1C(=O)CS/C1=N\C(=O)Nc1ccc(-c2ncn(-c3ccc(SC(F)(F)F)cc3)n2)cc1F. The van der Waals surface area contributed by atoms with E-state index in [1.807, 2.05) is 19.9 Å². The Bertz CT molecular complexity index is 1710. The van der Waals surface area contributed by atoms with Gasteiger partial charge in [-0.3, -0.25) is 9.69 Å². The van der Waals surface area contributed by atoms with Gasteiger partial charge in [-0.1, -0.05) is 17.8 Å². The van der Waals surface area contributed by atoms with Crippen molar-refractivity contribution in [2.24, 2.45) is 4.99 Å². The Balaban J connectivity index is 1.30. The minimum absolute atomic E-state index is 0.0256. The van der Waals surface area contributed by atoms with E-state index in [4.69, 9.17) is 4.74 Å². The van der Waals surface area contributed by atoms with Crippen molar-refractivity contribution < 1.29 is 31.9 Å². The smallest absolute Gasteiger partial charge is 0.446 e. The third kappa shape index (κ3) is 7.17. The number of amides is 3. The summed E-state index contributed by atoms with van der Waals surface area (Å²) in [6, 6.07) is 14.0. The number of aliphatic imine (C=N–C) groups is 1. The van der Waals surface area contributed by atoms with Gasteiger partial charge in [0.1, 0.15) is 17.9 Å². The van der Waals surface area contributed by atoms with Gasteiger partial charge in [-0.25, -0.2) is 18.9 Å². The third-order valence-corrected chi connectivity index (χ3v) is 7.58. The molecule has 1 N–H and O–H groups in total. The highest BCUT2D eigenvalue weighted by Gasteiger charge is 2.33. The molecule has 4 aromatic rings. The fourth-order valence-electron chi connectivity index (χ4n) is 4.07. The van der Waals surface area contributed by atoms with Crippen LogP contribution >= 0.6 is 23.5 Å². The van der Waals surface area contributed by atoms with Crippen LogP contribution < -0.4 is 15.0 Å². The van der Waals surface area contributed by atoms with Gasteiger partial charge in [0.25, 0.3) is 0 Å². The lowest BCUT2D eigenvalue weighted by molar-refractivity contribution is -0.115. The number of aryl methyl sites for hydroxylation is 1. The summed E-state index contributed by atoms with van der Waals surface area (Å²) in [5.74, 6) is -0.356.